The molecular formula is C22H20N4O3S. The number of ether oxygens (including phenoxy) is 1. The van der Waals surface area contributed by atoms with E-state index in [9.17, 15) is 4.79 Å². The van der Waals surface area contributed by atoms with Gasteiger partial charge < -0.3 is 19.0 Å². The van der Waals surface area contributed by atoms with Gasteiger partial charge >= 0.3 is 0 Å². The highest BCUT2D eigenvalue weighted by Crippen LogP contribution is 2.23. The first-order valence-electron chi connectivity index (χ1n) is 9.32. The smallest absolute Gasteiger partial charge is 0.234 e. The largest absolute Gasteiger partial charge is 0.489 e. The van der Waals surface area contributed by atoms with Crippen molar-refractivity contribution in [1.82, 2.24) is 14.8 Å². The second-order valence-electron chi connectivity index (χ2n) is 6.48. The highest BCUT2D eigenvalue weighted by atomic mass is 32.2. The zero-order valence-electron chi connectivity index (χ0n) is 16.3. The van der Waals surface area contributed by atoms with E-state index in [1.807, 2.05) is 67.7 Å². The SMILES string of the molecule is Cn1c(SCC(=O)Nc2ccc(OCc3ccccc3)cc2)nnc1-c1ccco1. The maximum Gasteiger partial charge on any atom is 0.234 e. The van der Waals surface area contributed by atoms with Gasteiger partial charge in [-0.05, 0) is 42.0 Å². The lowest BCUT2D eigenvalue weighted by molar-refractivity contribution is -0.113. The summed E-state index contributed by atoms with van der Waals surface area (Å²) in [5.74, 6) is 2.09. The van der Waals surface area contributed by atoms with Crippen LogP contribution in [0.1, 0.15) is 5.56 Å². The van der Waals surface area contributed by atoms with E-state index in [-0.39, 0.29) is 11.7 Å². The minimum atomic E-state index is -0.125. The Morgan fingerprint density at radius 3 is 2.60 bits per heavy atom. The molecule has 4 rings (SSSR count). The number of rotatable bonds is 8. The molecule has 1 amide bonds. The van der Waals surface area contributed by atoms with Gasteiger partial charge in [0.2, 0.25) is 5.91 Å². The number of hydrogen-bond acceptors (Lipinski definition) is 6. The van der Waals surface area contributed by atoms with E-state index in [1.54, 1.807) is 16.9 Å². The topological polar surface area (TPSA) is 82.2 Å². The van der Waals surface area contributed by atoms with Crippen LogP contribution in [0.2, 0.25) is 0 Å². The van der Waals surface area contributed by atoms with Crippen LogP contribution >= 0.6 is 11.8 Å². The van der Waals surface area contributed by atoms with E-state index in [4.69, 9.17) is 9.15 Å². The molecule has 7 nitrogen and oxygen atoms in total. The predicted molar refractivity (Wildman–Crippen MR) is 115 cm³/mol. The van der Waals surface area contributed by atoms with Gasteiger partial charge in [0.15, 0.2) is 16.7 Å². The lowest BCUT2D eigenvalue weighted by Crippen LogP contribution is -2.14. The van der Waals surface area contributed by atoms with E-state index in [1.165, 1.54) is 11.8 Å². The Kier molecular flexibility index (Phi) is 6.14. The Bertz CT molecular complexity index is 1090. The Labute approximate surface area is 178 Å². The third kappa shape index (κ3) is 4.90. The summed E-state index contributed by atoms with van der Waals surface area (Å²) in [6.45, 7) is 0.501. The average molecular weight is 420 g/mol. The summed E-state index contributed by atoms with van der Waals surface area (Å²) in [4.78, 5) is 12.3. The van der Waals surface area contributed by atoms with Gasteiger partial charge in [-0.25, -0.2) is 0 Å². The summed E-state index contributed by atoms with van der Waals surface area (Å²) >= 11 is 1.31. The Balaban J connectivity index is 1.27. The van der Waals surface area contributed by atoms with Crippen LogP contribution in [0.25, 0.3) is 11.6 Å². The molecule has 0 aliphatic heterocycles. The van der Waals surface area contributed by atoms with Gasteiger partial charge in [0.25, 0.3) is 0 Å². The van der Waals surface area contributed by atoms with Crippen LogP contribution in [0.5, 0.6) is 5.75 Å². The number of nitrogens with one attached hydrogen (secondary N) is 1. The zero-order valence-corrected chi connectivity index (χ0v) is 17.1. The molecule has 0 aliphatic carbocycles. The third-order valence-electron chi connectivity index (χ3n) is 4.30. The highest BCUT2D eigenvalue weighted by Gasteiger charge is 2.14. The number of hydrogen-bond donors (Lipinski definition) is 1. The molecule has 30 heavy (non-hydrogen) atoms. The van der Waals surface area contributed by atoms with Gasteiger partial charge in [0, 0.05) is 12.7 Å². The van der Waals surface area contributed by atoms with Gasteiger partial charge in [0.05, 0.1) is 12.0 Å². The first-order valence-corrected chi connectivity index (χ1v) is 10.3. The van der Waals surface area contributed by atoms with Crippen LogP contribution in [-0.4, -0.2) is 26.4 Å². The van der Waals surface area contributed by atoms with Gasteiger partial charge in [-0.15, -0.1) is 10.2 Å². The molecule has 0 saturated carbocycles. The Morgan fingerprint density at radius 1 is 1.07 bits per heavy atom. The summed E-state index contributed by atoms with van der Waals surface area (Å²) in [6.07, 6.45) is 1.59. The first kappa shape index (κ1) is 19.8. The molecule has 0 fully saturated rings. The van der Waals surface area contributed by atoms with Crippen molar-refractivity contribution < 1.29 is 13.9 Å². The molecular weight excluding hydrogens is 400 g/mol. The molecule has 4 aromatic rings. The first-order chi connectivity index (χ1) is 14.7. The molecule has 2 aromatic heterocycles. The molecule has 0 aliphatic rings. The number of benzene rings is 2. The van der Waals surface area contributed by atoms with Gasteiger partial charge in [-0.1, -0.05) is 42.1 Å². The van der Waals surface area contributed by atoms with Crippen molar-refractivity contribution in [3.05, 3.63) is 78.6 Å². The molecule has 2 aromatic carbocycles. The minimum Gasteiger partial charge on any atom is -0.489 e. The number of aromatic nitrogens is 3. The molecule has 0 bridgehead atoms. The van der Waals surface area contributed by atoms with Crippen LogP contribution in [0, 0.1) is 0 Å². The maximum absolute atomic E-state index is 12.3. The second-order valence-corrected chi connectivity index (χ2v) is 7.42. The molecule has 0 unspecified atom stereocenters. The lowest BCUT2D eigenvalue weighted by Gasteiger charge is -2.08. The molecule has 0 saturated heterocycles. The molecule has 2 heterocycles. The number of thioether (sulfide) groups is 1. The van der Waals surface area contributed by atoms with Crippen LogP contribution < -0.4 is 10.1 Å². The minimum absolute atomic E-state index is 0.125. The molecule has 0 spiro atoms. The number of carbonyl (C=O) groups is 1. The maximum atomic E-state index is 12.3. The number of nitrogens with zero attached hydrogens (tertiary/aromatic N) is 3. The molecule has 0 radical (unpaired) electrons. The second kappa shape index (κ2) is 9.32. The van der Waals surface area contributed by atoms with E-state index >= 15 is 0 Å². The van der Waals surface area contributed by atoms with Crippen molar-refractivity contribution in [2.45, 2.75) is 11.8 Å². The van der Waals surface area contributed by atoms with E-state index in [0.29, 0.717) is 29.0 Å². The lowest BCUT2D eigenvalue weighted by atomic mass is 10.2. The fourth-order valence-electron chi connectivity index (χ4n) is 2.76. The van der Waals surface area contributed by atoms with Crippen molar-refractivity contribution in [3.63, 3.8) is 0 Å². The van der Waals surface area contributed by atoms with Crippen LogP contribution in [0.15, 0.2) is 82.6 Å². The molecule has 1 N–H and O–H groups in total. The van der Waals surface area contributed by atoms with Gasteiger partial charge in [-0.2, -0.15) is 0 Å². The van der Waals surface area contributed by atoms with Crippen LogP contribution in [0.3, 0.4) is 0 Å². The zero-order chi connectivity index (χ0) is 20.8. The predicted octanol–water partition coefficient (Wildman–Crippen LogP) is 4.38. The third-order valence-corrected chi connectivity index (χ3v) is 5.32. The summed E-state index contributed by atoms with van der Waals surface area (Å²) in [5.41, 5.74) is 1.81. The van der Waals surface area contributed by atoms with E-state index in [0.717, 1.165) is 11.3 Å². The van der Waals surface area contributed by atoms with E-state index in [2.05, 4.69) is 15.5 Å². The fraction of sp³-hybridized carbons (Fsp3) is 0.136. The number of amides is 1. The quantitative estimate of drug-likeness (QED) is 0.426. The summed E-state index contributed by atoms with van der Waals surface area (Å²) < 4.78 is 12.9. The standard InChI is InChI=1S/C22H20N4O3S/c1-26-21(19-8-5-13-28-19)24-25-22(26)30-15-20(27)23-17-9-11-18(12-10-17)29-14-16-6-3-2-4-7-16/h2-13H,14-15H2,1H3,(H,23,27). The summed E-state index contributed by atoms with van der Waals surface area (Å²) in [5, 5.41) is 11.8. The average Bonchev–Trinajstić information content (AvgIpc) is 3.42. The summed E-state index contributed by atoms with van der Waals surface area (Å²) in [7, 11) is 1.84. The molecule has 152 valence electrons. The highest BCUT2D eigenvalue weighted by molar-refractivity contribution is 7.99. The number of furan rings is 1. The van der Waals surface area contributed by atoms with Crippen molar-refractivity contribution in [2.75, 3.05) is 11.1 Å². The van der Waals surface area contributed by atoms with Gasteiger partial charge in [-0.3, -0.25) is 4.79 Å². The number of carbonyl (C=O) groups excluding carboxylic acids is 1. The van der Waals surface area contributed by atoms with Crippen LogP contribution in [0.4, 0.5) is 5.69 Å². The molecule has 8 heteroatoms. The van der Waals surface area contributed by atoms with Gasteiger partial charge in [0.1, 0.15) is 12.4 Å². The monoisotopic (exact) mass is 420 g/mol. The van der Waals surface area contributed by atoms with E-state index < -0.39 is 0 Å². The van der Waals surface area contributed by atoms with Crippen molar-refractivity contribution in [2.24, 2.45) is 7.05 Å². The van der Waals surface area contributed by atoms with Crippen molar-refractivity contribution in [1.29, 1.82) is 0 Å². The van der Waals surface area contributed by atoms with Crippen LogP contribution in [-0.2, 0) is 18.4 Å². The molecule has 0 atom stereocenters. The Hall–Kier alpha value is -3.52. The fourth-order valence-corrected chi connectivity index (χ4v) is 3.47. The Morgan fingerprint density at radius 2 is 1.87 bits per heavy atom. The summed E-state index contributed by atoms with van der Waals surface area (Å²) in [6, 6.07) is 20.9. The van der Waals surface area contributed by atoms with Crippen molar-refractivity contribution in [3.8, 4) is 17.3 Å². The normalized spacial score (nSPS) is 10.7. The van der Waals surface area contributed by atoms with Crippen molar-refractivity contribution >= 4 is 23.4 Å². The number of anilines is 1.